The maximum absolute atomic E-state index is 13.1. The molecule has 0 fully saturated rings. The number of amides is 2. The number of carbonyl (C=O) groups is 2. The van der Waals surface area contributed by atoms with Crippen LogP contribution in [0.15, 0.2) is 60.8 Å². The summed E-state index contributed by atoms with van der Waals surface area (Å²) < 4.78 is 18.3. The van der Waals surface area contributed by atoms with Crippen molar-refractivity contribution in [3.05, 3.63) is 77.9 Å². The van der Waals surface area contributed by atoms with Crippen LogP contribution in [-0.4, -0.2) is 39.3 Å². The first-order chi connectivity index (χ1) is 15.0. The Labute approximate surface area is 175 Å². The van der Waals surface area contributed by atoms with Gasteiger partial charge in [0.05, 0.1) is 30.3 Å². The second kappa shape index (κ2) is 8.49. The third-order valence-corrected chi connectivity index (χ3v) is 4.51. The molecule has 0 atom stereocenters. The van der Waals surface area contributed by atoms with Crippen LogP contribution in [0.3, 0.4) is 0 Å². The molecule has 156 valence electrons. The topological polar surface area (TPSA) is 125 Å². The van der Waals surface area contributed by atoms with Crippen molar-refractivity contribution >= 4 is 11.8 Å². The zero-order valence-corrected chi connectivity index (χ0v) is 16.3. The summed E-state index contributed by atoms with van der Waals surface area (Å²) >= 11 is 0. The number of hydrogen-bond donors (Lipinski definition) is 4. The highest BCUT2D eigenvalue weighted by atomic mass is 19.1. The van der Waals surface area contributed by atoms with Gasteiger partial charge in [0.25, 0.3) is 11.8 Å². The summed E-state index contributed by atoms with van der Waals surface area (Å²) in [6.07, 6.45) is 1.32. The monoisotopic (exact) mass is 420 g/mol. The zero-order chi connectivity index (χ0) is 21.8. The highest BCUT2D eigenvalue weighted by Gasteiger charge is 2.17. The van der Waals surface area contributed by atoms with Crippen molar-refractivity contribution in [3.8, 4) is 28.3 Å². The van der Waals surface area contributed by atoms with Crippen LogP contribution in [0.25, 0.3) is 22.5 Å². The van der Waals surface area contributed by atoms with E-state index in [9.17, 15) is 14.0 Å². The van der Waals surface area contributed by atoms with Gasteiger partial charge in [-0.05, 0) is 54.6 Å². The molecule has 0 aliphatic carbocycles. The molecule has 0 aliphatic rings. The van der Waals surface area contributed by atoms with E-state index < -0.39 is 17.6 Å². The SMILES string of the molecule is COc1ccc(-c2cc(C(=O)NNC(=O)c3cn[nH]c3-c3ccc(F)cc3)[nH]n2)cc1. The molecule has 2 heterocycles. The number of nitrogens with zero attached hydrogens (tertiary/aromatic N) is 2. The summed E-state index contributed by atoms with van der Waals surface area (Å²) in [5, 5.41) is 13.3. The fourth-order valence-corrected chi connectivity index (χ4v) is 2.89. The van der Waals surface area contributed by atoms with Crippen molar-refractivity contribution in [1.82, 2.24) is 31.2 Å². The van der Waals surface area contributed by atoms with Crippen LogP contribution < -0.4 is 15.6 Å². The lowest BCUT2D eigenvalue weighted by molar-refractivity contribution is 0.0844. The molecule has 0 saturated carbocycles. The lowest BCUT2D eigenvalue weighted by atomic mass is 10.1. The maximum Gasteiger partial charge on any atom is 0.287 e. The number of aromatic amines is 2. The predicted molar refractivity (Wildman–Crippen MR) is 109 cm³/mol. The maximum atomic E-state index is 13.1. The van der Waals surface area contributed by atoms with E-state index in [1.54, 1.807) is 25.3 Å². The van der Waals surface area contributed by atoms with Gasteiger partial charge in [0.2, 0.25) is 0 Å². The number of hydrazine groups is 1. The third kappa shape index (κ3) is 4.27. The molecule has 2 amide bonds. The molecule has 0 aliphatic heterocycles. The molecule has 2 aromatic carbocycles. The van der Waals surface area contributed by atoms with Crippen LogP contribution in [0, 0.1) is 5.82 Å². The van der Waals surface area contributed by atoms with Crippen LogP contribution in [0.4, 0.5) is 4.39 Å². The highest BCUT2D eigenvalue weighted by molar-refractivity contribution is 6.02. The van der Waals surface area contributed by atoms with E-state index in [-0.39, 0.29) is 11.3 Å². The minimum absolute atomic E-state index is 0.164. The van der Waals surface area contributed by atoms with Crippen LogP contribution in [0.2, 0.25) is 0 Å². The minimum atomic E-state index is -0.587. The average Bonchev–Trinajstić information content (AvgIpc) is 3.48. The second-order valence-corrected chi connectivity index (χ2v) is 6.47. The van der Waals surface area contributed by atoms with Crippen LogP contribution in [-0.2, 0) is 0 Å². The lowest BCUT2D eigenvalue weighted by Crippen LogP contribution is -2.41. The van der Waals surface area contributed by atoms with Gasteiger partial charge in [0.15, 0.2) is 0 Å². The Bertz CT molecular complexity index is 1210. The van der Waals surface area contributed by atoms with Gasteiger partial charge in [-0.1, -0.05) is 0 Å². The largest absolute Gasteiger partial charge is 0.497 e. The molecule has 0 saturated heterocycles. The Morgan fingerprint density at radius 1 is 0.935 bits per heavy atom. The Balaban J connectivity index is 1.41. The summed E-state index contributed by atoms with van der Waals surface area (Å²) in [6, 6.07) is 14.3. The Morgan fingerprint density at radius 2 is 1.61 bits per heavy atom. The van der Waals surface area contributed by atoms with E-state index in [2.05, 4.69) is 31.2 Å². The molecule has 4 N–H and O–H groups in total. The van der Waals surface area contributed by atoms with Crippen LogP contribution in [0.1, 0.15) is 20.8 Å². The number of benzene rings is 2. The van der Waals surface area contributed by atoms with Gasteiger partial charge in [0.1, 0.15) is 17.3 Å². The van der Waals surface area contributed by atoms with Crippen molar-refractivity contribution in [3.63, 3.8) is 0 Å². The zero-order valence-electron chi connectivity index (χ0n) is 16.3. The van der Waals surface area contributed by atoms with E-state index in [1.165, 1.54) is 30.5 Å². The fourth-order valence-electron chi connectivity index (χ4n) is 2.89. The first-order valence-corrected chi connectivity index (χ1v) is 9.15. The van der Waals surface area contributed by atoms with Gasteiger partial charge in [-0.3, -0.25) is 30.6 Å². The Morgan fingerprint density at radius 3 is 2.32 bits per heavy atom. The molecule has 0 spiro atoms. The molecule has 10 heteroatoms. The molecule has 4 rings (SSSR count). The van der Waals surface area contributed by atoms with Gasteiger partial charge in [-0.2, -0.15) is 10.2 Å². The van der Waals surface area contributed by atoms with Crippen molar-refractivity contribution in [1.29, 1.82) is 0 Å². The fraction of sp³-hybridized carbons (Fsp3) is 0.0476. The average molecular weight is 420 g/mol. The third-order valence-electron chi connectivity index (χ3n) is 4.51. The summed E-state index contributed by atoms with van der Waals surface area (Å²) in [4.78, 5) is 24.9. The van der Waals surface area contributed by atoms with E-state index >= 15 is 0 Å². The normalized spacial score (nSPS) is 10.5. The van der Waals surface area contributed by atoms with Crippen molar-refractivity contribution in [2.75, 3.05) is 7.11 Å². The molecular formula is C21H17FN6O3. The predicted octanol–water partition coefficient (Wildman–Crippen LogP) is 2.69. The summed E-state index contributed by atoms with van der Waals surface area (Å²) in [7, 11) is 1.58. The molecular weight excluding hydrogens is 403 g/mol. The van der Waals surface area contributed by atoms with Crippen molar-refractivity contribution in [2.45, 2.75) is 0 Å². The molecule has 31 heavy (non-hydrogen) atoms. The number of ether oxygens (including phenoxy) is 1. The number of hydrogen-bond acceptors (Lipinski definition) is 5. The Kier molecular flexibility index (Phi) is 5.43. The quantitative estimate of drug-likeness (QED) is 0.370. The number of halogens is 1. The summed E-state index contributed by atoms with van der Waals surface area (Å²) in [5.74, 6) is -0.849. The molecule has 0 unspecified atom stereocenters. The highest BCUT2D eigenvalue weighted by Crippen LogP contribution is 2.22. The van der Waals surface area contributed by atoms with Gasteiger partial charge in [-0.15, -0.1) is 0 Å². The van der Waals surface area contributed by atoms with Gasteiger partial charge in [0, 0.05) is 11.1 Å². The first-order valence-electron chi connectivity index (χ1n) is 9.15. The van der Waals surface area contributed by atoms with Gasteiger partial charge in [-0.25, -0.2) is 4.39 Å². The minimum Gasteiger partial charge on any atom is -0.497 e. The van der Waals surface area contributed by atoms with Gasteiger partial charge >= 0.3 is 0 Å². The number of nitrogens with one attached hydrogen (secondary N) is 4. The summed E-state index contributed by atoms with van der Waals surface area (Å²) in [6.45, 7) is 0. The first kappa shape index (κ1) is 19.8. The van der Waals surface area contributed by atoms with E-state index in [0.717, 1.165) is 5.56 Å². The summed E-state index contributed by atoms with van der Waals surface area (Å²) in [5.41, 5.74) is 7.34. The molecule has 9 nitrogen and oxygen atoms in total. The van der Waals surface area contributed by atoms with E-state index in [0.29, 0.717) is 22.7 Å². The number of aromatic nitrogens is 4. The van der Waals surface area contributed by atoms with Crippen LogP contribution >= 0.6 is 0 Å². The second-order valence-electron chi connectivity index (χ2n) is 6.47. The van der Waals surface area contributed by atoms with E-state index in [4.69, 9.17) is 4.74 Å². The number of carbonyl (C=O) groups excluding carboxylic acids is 2. The number of H-pyrrole nitrogens is 2. The van der Waals surface area contributed by atoms with Gasteiger partial charge < -0.3 is 4.74 Å². The number of methoxy groups -OCH3 is 1. The molecule has 4 aromatic rings. The van der Waals surface area contributed by atoms with Crippen LogP contribution in [0.5, 0.6) is 5.75 Å². The standard InChI is InChI=1S/C21H17FN6O3/c1-31-15-8-4-12(5-9-15)17-10-18(25-24-17)21(30)28-27-20(29)16-11-23-26-19(16)13-2-6-14(22)7-3-13/h2-11H,1H3,(H,23,26)(H,24,25)(H,27,29)(H,28,30). The number of rotatable bonds is 5. The molecule has 0 radical (unpaired) electrons. The lowest BCUT2D eigenvalue weighted by Gasteiger charge is -2.07. The van der Waals surface area contributed by atoms with Crippen molar-refractivity contribution < 1.29 is 18.7 Å². The molecule has 2 aromatic heterocycles. The molecule has 0 bridgehead atoms. The van der Waals surface area contributed by atoms with E-state index in [1.807, 2.05) is 12.1 Å². The Hall–Kier alpha value is -4.47. The smallest absolute Gasteiger partial charge is 0.287 e. The van der Waals surface area contributed by atoms with Crippen molar-refractivity contribution in [2.24, 2.45) is 0 Å².